The molecule has 1 N–H and O–H groups in total. The number of hydrazine groups is 1. The molecule has 30 heavy (non-hydrogen) atoms. The van der Waals surface area contributed by atoms with Crippen LogP contribution in [-0.4, -0.2) is 30.7 Å². The van der Waals surface area contributed by atoms with Crippen LogP contribution in [0.25, 0.3) is 0 Å². The molecule has 1 atom stereocenters. The average molecular weight is 420 g/mol. The second-order valence-corrected chi connectivity index (χ2v) is 8.87. The first-order valence-corrected chi connectivity index (χ1v) is 10.8. The third-order valence-corrected chi connectivity index (χ3v) is 6.74. The Morgan fingerprint density at radius 3 is 2.47 bits per heavy atom. The molecule has 0 radical (unpaired) electrons. The van der Waals surface area contributed by atoms with Crippen LogP contribution in [0, 0.1) is 0 Å². The minimum Gasteiger partial charge on any atom is -0.301 e. The maximum absolute atomic E-state index is 12.8. The van der Waals surface area contributed by atoms with Crippen molar-refractivity contribution >= 4 is 21.9 Å². The molecule has 0 aliphatic carbocycles. The van der Waals surface area contributed by atoms with Crippen LogP contribution in [0.2, 0.25) is 0 Å². The number of carbonyl (C=O) groups is 1. The van der Waals surface area contributed by atoms with Crippen molar-refractivity contribution in [1.82, 2.24) is 15.4 Å². The van der Waals surface area contributed by atoms with Gasteiger partial charge in [0.25, 0.3) is 0 Å². The van der Waals surface area contributed by atoms with Crippen molar-refractivity contribution in [3.05, 3.63) is 90.0 Å². The van der Waals surface area contributed by atoms with Crippen molar-refractivity contribution in [2.45, 2.75) is 29.2 Å². The number of carbonyl (C=O) groups excluding carboxylic acids is 1. The van der Waals surface area contributed by atoms with E-state index in [9.17, 15) is 13.2 Å². The van der Waals surface area contributed by atoms with Crippen molar-refractivity contribution in [2.75, 3.05) is 5.01 Å². The number of aldehydes is 1. The molecule has 0 saturated heterocycles. The summed E-state index contributed by atoms with van der Waals surface area (Å²) >= 11 is 0. The summed E-state index contributed by atoms with van der Waals surface area (Å²) in [7, 11) is -3.65. The smallest absolute Gasteiger partial charge is 0.208 e. The summed E-state index contributed by atoms with van der Waals surface area (Å²) in [6.07, 6.45) is 6.22. The second kappa shape index (κ2) is 8.08. The van der Waals surface area contributed by atoms with E-state index in [1.807, 2.05) is 19.1 Å². The Morgan fingerprint density at radius 2 is 1.83 bits per heavy atom. The normalized spacial score (nSPS) is 16.4. The van der Waals surface area contributed by atoms with Gasteiger partial charge in [0.1, 0.15) is 18.1 Å². The molecular formula is C22H20N4O3S. The number of nitrogens with zero attached hydrogens (tertiary/aromatic N) is 3. The largest absolute Gasteiger partial charge is 0.301 e. The number of rotatable bonds is 6. The molecular weight excluding hydrogens is 400 g/mol. The number of anilines is 1. The molecule has 1 aliphatic rings. The molecule has 0 fully saturated rings. The van der Waals surface area contributed by atoms with E-state index in [4.69, 9.17) is 0 Å². The Kier molecular flexibility index (Phi) is 5.33. The van der Waals surface area contributed by atoms with Crippen LogP contribution in [0.3, 0.4) is 0 Å². The number of nitrogens with one attached hydrogen (secondary N) is 1. The summed E-state index contributed by atoms with van der Waals surface area (Å²) in [6, 6.07) is 14.6. The lowest BCUT2D eigenvalue weighted by molar-refractivity contribution is -0.108. The van der Waals surface area contributed by atoms with E-state index in [1.54, 1.807) is 53.8 Å². The van der Waals surface area contributed by atoms with E-state index in [0.29, 0.717) is 12.2 Å². The summed E-state index contributed by atoms with van der Waals surface area (Å²) < 4.78 is 25.5. The van der Waals surface area contributed by atoms with Crippen LogP contribution in [0.4, 0.5) is 5.82 Å². The number of pyridine rings is 2. The van der Waals surface area contributed by atoms with Crippen LogP contribution >= 0.6 is 0 Å². The first kappa shape index (κ1) is 19.8. The van der Waals surface area contributed by atoms with E-state index >= 15 is 0 Å². The van der Waals surface area contributed by atoms with Crippen LogP contribution in [-0.2, 0) is 21.1 Å². The molecule has 1 aromatic carbocycles. The Labute approximate surface area is 175 Å². The predicted octanol–water partition coefficient (Wildman–Crippen LogP) is 2.72. The van der Waals surface area contributed by atoms with Gasteiger partial charge in [-0.2, -0.15) is 0 Å². The van der Waals surface area contributed by atoms with Crippen LogP contribution in [0.1, 0.15) is 12.5 Å². The van der Waals surface area contributed by atoms with Gasteiger partial charge in [-0.05, 0) is 54.8 Å². The zero-order chi connectivity index (χ0) is 21.1. The number of aromatic nitrogens is 2. The minimum atomic E-state index is -3.65. The highest BCUT2D eigenvalue weighted by Crippen LogP contribution is 2.28. The molecule has 7 nitrogen and oxygen atoms in total. The standard InChI is InChI=1S/C22H20N4O3S/c1-16-20(12-17-6-5-11-23-13-17)21(15-27)26(25-16)22-10-9-19(14-24-22)30(28,29)18-7-3-2-4-8-18/h2-11,13-15,21,25H,12H2,1H3. The van der Waals surface area contributed by atoms with Gasteiger partial charge in [0.15, 0.2) is 0 Å². The maximum Gasteiger partial charge on any atom is 0.208 e. The third kappa shape index (κ3) is 3.69. The van der Waals surface area contributed by atoms with Crippen molar-refractivity contribution in [1.29, 1.82) is 0 Å². The van der Waals surface area contributed by atoms with Crippen LogP contribution in [0.15, 0.2) is 94.2 Å². The van der Waals surface area contributed by atoms with Gasteiger partial charge in [0, 0.05) is 24.3 Å². The molecule has 152 valence electrons. The van der Waals surface area contributed by atoms with Crippen molar-refractivity contribution in [3.63, 3.8) is 0 Å². The first-order chi connectivity index (χ1) is 14.5. The van der Waals surface area contributed by atoms with Gasteiger partial charge in [0.2, 0.25) is 9.84 Å². The second-order valence-electron chi connectivity index (χ2n) is 6.92. The van der Waals surface area contributed by atoms with Gasteiger partial charge in [0.05, 0.1) is 9.79 Å². The molecule has 0 amide bonds. The highest BCUT2D eigenvalue weighted by Gasteiger charge is 2.32. The first-order valence-electron chi connectivity index (χ1n) is 9.36. The van der Waals surface area contributed by atoms with Crippen LogP contribution in [0.5, 0.6) is 0 Å². The predicted molar refractivity (Wildman–Crippen MR) is 112 cm³/mol. The maximum atomic E-state index is 12.8. The molecule has 2 aromatic heterocycles. The monoisotopic (exact) mass is 420 g/mol. The molecule has 1 aliphatic heterocycles. The van der Waals surface area contributed by atoms with Gasteiger partial charge >= 0.3 is 0 Å². The molecule has 1 unspecified atom stereocenters. The van der Waals surface area contributed by atoms with Crippen molar-refractivity contribution in [3.8, 4) is 0 Å². The van der Waals surface area contributed by atoms with Gasteiger partial charge < -0.3 is 10.2 Å². The van der Waals surface area contributed by atoms with E-state index in [2.05, 4.69) is 15.4 Å². The lowest BCUT2D eigenvalue weighted by Gasteiger charge is -2.24. The third-order valence-electron chi connectivity index (χ3n) is 4.98. The summed E-state index contributed by atoms with van der Waals surface area (Å²) in [5.41, 5.74) is 5.96. The van der Waals surface area contributed by atoms with Gasteiger partial charge in [-0.3, -0.25) is 9.99 Å². The van der Waals surface area contributed by atoms with Crippen LogP contribution < -0.4 is 10.4 Å². The fourth-order valence-corrected chi connectivity index (χ4v) is 4.64. The van der Waals surface area contributed by atoms with E-state index in [0.717, 1.165) is 23.1 Å². The highest BCUT2D eigenvalue weighted by molar-refractivity contribution is 7.91. The fraction of sp³-hybridized carbons (Fsp3) is 0.136. The van der Waals surface area contributed by atoms with E-state index in [1.165, 1.54) is 12.3 Å². The van der Waals surface area contributed by atoms with Crippen molar-refractivity contribution in [2.24, 2.45) is 0 Å². The number of sulfone groups is 1. The molecule has 8 heteroatoms. The number of allylic oxidation sites excluding steroid dienone is 1. The summed E-state index contributed by atoms with van der Waals surface area (Å²) in [5, 5.41) is 1.65. The van der Waals surface area contributed by atoms with Crippen molar-refractivity contribution < 1.29 is 13.2 Å². The van der Waals surface area contributed by atoms with E-state index < -0.39 is 15.9 Å². The molecule has 4 rings (SSSR count). The zero-order valence-corrected chi connectivity index (χ0v) is 17.1. The number of hydrogen-bond donors (Lipinski definition) is 1. The lowest BCUT2D eigenvalue weighted by Crippen LogP contribution is -2.41. The molecule has 0 bridgehead atoms. The fourth-order valence-electron chi connectivity index (χ4n) is 3.41. The summed E-state index contributed by atoms with van der Waals surface area (Å²) in [4.78, 5) is 20.6. The lowest BCUT2D eigenvalue weighted by atomic mass is 10.00. The number of benzene rings is 1. The van der Waals surface area contributed by atoms with E-state index in [-0.39, 0.29) is 9.79 Å². The zero-order valence-electron chi connectivity index (χ0n) is 16.3. The quantitative estimate of drug-likeness (QED) is 0.613. The number of hydrogen-bond acceptors (Lipinski definition) is 7. The Morgan fingerprint density at radius 1 is 1.03 bits per heavy atom. The molecule has 0 saturated carbocycles. The molecule has 0 spiro atoms. The minimum absolute atomic E-state index is 0.0968. The average Bonchev–Trinajstić information content (AvgIpc) is 3.10. The Hall–Kier alpha value is -3.52. The SMILES string of the molecule is CC1=C(Cc2cccnc2)C(C=O)N(c2ccc(S(=O)(=O)c3ccccc3)cn2)N1. The summed E-state index contributed by atoms with van der Waals surface area (Å²) in [6.45, 7) is 1.90. The van der Waals surface area contributed by atoms with Gasteiger partial charge in [-0.15, -0.1) is 0 Å². The molecule has 3 heterocycles. The Balaban J connectivity index is 1.58. The molecule has 3 aromatic rings. The topological polar surface area (TPSA) is 92.3 Å². The van der Waals surface area contributed by atoms with Gasteiger partial charge in [-0.25, -0.2) is 13.4 Å². The summed E-state index contributed by atoms with van der Waals surface area (Å²) in [5.74, 6) is 0.458. The van der Waals surface area contributed by atoms with Gasteiger partial charge in [-0.1, -0.05) is 24.3 Å². The highest BCUT2D eigenvalue weighted by atomic mass is 32.2. The Bertz CT molecular complexity index is 1180.